The Morgan fingerprint density at radius 3 is 2.42 bits per heavy atom. The molecule has 0 atom stereocenters. The molecule has 128 valence electrons. The van der Waals surface area contributed by atoms with Gasteiger partial charge in [-0.25, -0.2) is 4.79 Å². The molecule has 1 N–H and O–H groups in total. The Balaban J connectivity index is 2.39. The topological polar surface area (TPSA) is 74.0 Å². The van der Waals surface area contributed by atoms with Crippen molar-refractivity contribution in [3.05, 3.63) is 75.9 Å². The first-order chi connectivity index (χ1) is 12.5. The highest BCUT2D eigenvalue weighted by molar-refractivity contribution is 6.33. The van der Waals surface area contributed by atoms with E-state index in [1.807, 2.05) is 6.07 Å². The first kappa shape index (κ1) is 17.9. The van der Waals surface area contributed by atoms with E-state index in [4.69, 9.17) is 28.5 Å². The monoisotopic (exact) mass is 382 g/mol. The summed E-state index contributed by atoms with van der Waals surface area (Å²) in [5.41, 5.74) is 2.53. The van der Waals surface area contributed by atoms with Gasteiger partial charge in [-0.3, -0.25) is 4.98 Å². The molecule has 2 aromatic carbocycles. The predicted octanol–water partition coefficient (Wildman–Crippen LogP) is 5.49. The summed E-state index contributed by atoms with van der Waals surface area (Å²) < 4.78 is 0. The molecule has 0 aliphatic heterocycles. The second-order valence-corrected chi connectivity index (χ2v) is 6.36. The van der Waals surface area contributed by atoms with Crippen molar-refractivity contribution in [2.75, 3.05) is 0 Å². The number of nitriles is 1. The van der Waals surface area contributed by atoms with Gasteiger partial charge in [0, 0.05) is 26.7 Å². The van der Waals surface area contributed by atoms with Crippen LogP contribution in [-0.4, -0.2) is 16.1 Å². The molecule has 1 aromatic heterocycles. The van der Waals surface area contributed by atoms with Crippen molar-refractivity contribution in [2.45, 2.75) is 6.42 Å². The van der Waals surface area contributed by atoms with Gasteiger partial charge in [-0.05, 0) is 24.3 Å². The molecule has 0 radical (unpaired) electrons. The number of carboxylic acid groups (broad SMARTS) is 1. The van der Waals surface area contributed by atoms with Gasteiger partial charge in [-0.15, -0.1) is 0 Å². The van der Waals surface area contributed by atoms with Crippen molar-refractivity contribution < 1.29 is 9.90 Å². The van der Waals surface area contributed by atoms with E-state index >= 15 is 0 Å². The Morgan fingerprint density at radius 1 is 1.12 bits per heavy atom. The van der Waals surface area contributed by atoms with Gasteiger partial charge in [0.25, 0.3) is 0 Å². The van der Waals surface area contributed by atoms with E-state index in [1.54, 1.807) is 48.5 Å². The molecule has 3 aromatic rings. The average Bonchev–Trinajstić information content (AvgIpc) is 2.62. The zero-order chi connectivity index (χ0) is 18.7. The molecule has 0 saturated carbocycles. The van der Waals surface area contributed by atoms with Gasteiger partial charge in [-0.2, -0.15) is 5.26 Å². The van der Waals surface area contributed by atoms with Crippen molar-refractivity contribution in [2.24, 2.45) is 0 Å². The maximum absolute atomic E-state index is 11.9. The number of pyridine rings is 1. The second kappa shape index (κ2) is 7.57. The van der Waals surface area contributed by atoms with Crippen LogP contribution in [0.1, 0.15) is 16.1 Å². The number of aromatic carboxylic acids is 1. The van der Waals surface area contributed by atoms with Crippen LogP contribution in [0, 0.1) is 11.3 Å². The molecule has 0 bridgehead atoms. The SMILES string of the molecule is N#CCc1cc(C(=O)O)c(-c2ccccc2Cl)c(-c2ccc(Cl)cc2)n1. The van der Waals surface area contributed by atoms with Crippen molar-refractivity contribution in [1.82, 2.24) is 4.98 Å². The normalized spacial score (nSPS) is 10.3. The van der Waals surface area contributed by atoms with E-state index in [1.165, 1.54) is 6.07 Å². The van der Waals surface area contributed by atoms with Crippen molar-refractivity contribution >= 4 is 29.2 Å². The Morgan fingerprint density at radius 2 is 1.81 bits per heavy atom. The maximum atomic E-state index is 11.9. The lowest BCUT2D eigenvalue weighted by atomic mass is 9.93. The zero-order valence-electron chi connectivity index (χ0n) is 13.4. The summed E-state index contributed by atoms with van der Waals surface area (Å²) in [6.07, 6.45) is 0.00364. The highest BCUT2D eigenvalue weighted by atomic mass is 35.5. The highest BCUT2D eigenvalue weighted by Crippen LogP contribution is 2.38. The second-order valence-electron chi connectivity index (χ2n) is 5.51. The highest BCUT2D eigenvalue weighted by Gasteiger charge is 2.22. The van der Waals surface area contributed by atoms with Gasteiger partial charge in [0.15, 0.2) is 0 Å². The summed E-state index contributed by atoms with van der Waals surface area (Å²) in [6.45, 7) is 0. The summed E-state index contributed by atoms with van der Waals surface area (Å²) in [4.78, 5) is 16.5. The van der Waals surface area contributed by atoms with E-state index < -0.39 is 5.97 Å². The first-order valence-electron chi connectivity index (χ1n) is 7.66. The minimum Gasteiger partial charge on any atom is -0.478 e. The van der Waals surface area contributed by atoms with Crippen LogP contribution in [0.25, 0.3) is 22.4 Å². The molecule has 0 aliphatic rings. The summed E-state index contributed by atoms with van der Waals surface area (Å²) in [7, 11) is 0. The molecule has 0 aliphatic carbocycles. The van der Waals surface area contributed by atoms with E-state index in [9.17, 15) is 9.90 Å². The standard InChI is InChI=1S/C20H12Cl2N2O2/c21-13-7-5-12(6-8-13)19-18(15-3-1-2-4-17(15)22)16(20(25)26)11-14(24-19)9-10-23/h1-8,11H,9H2,(H,25,26). The molecular weight excluding hydrogens is 371 g/mol. The third-order valence-electron chi connectivity index (χ3n) is 3.82. The molecule has 0 unspecified atom stereocenters. The Labute approximate surface area is 160 Å². The Kier molecular flexibility index (Phi) is 5.22. The minimum absolute atomic E-state index is 0.00364. The van der Waals surface area contributed by atoms with Crippen LogP contribution in [0.15, 0.2) is 54.6 Å². The number of aromatic nitrogens is 1. The predicted molar refractivity (Wildman–Crippen MR) is 101 cm³/mol. The van der Waals surface area contributed by atoms with E-state index in [2.05, 4.69) is 4.98 Å². The molecule has 1 heterocycles. The fraction of sp³-hybridized carbons (Fsp3) is 0.0500. The van der Waals surface area contributed by atoms with Gasteiger partial charge in [0.1, 0.15) is 0 Å². The van der Waals surface area contributed by atoms with Crippen LogP contribution in [0.5, 0.6) is 0 Å². The molecule has 0 fully saturated rings. The molecule has 0 amide bonds. The van der Waals surface area contributed by atoms with Crippen LogP contribution in [0.4, 0.5) is 0 Å². The lowest BCUT2D eigenvalue weighted by molar-refractivity contribution is 0.0697. The zero-order valence-corrected chi connectivity index (χ0v) is 14.9. The van der Waals surface area contributed by atoms with Gasteiger partial charge < -0.3 is 5.11 Å². The van der Waals surface area contributed by atoms with Crippen LogP contribution in [-0.2, 0) is 6.42 Å². The average molecular weight is 383 g/mol. The summed E-state index contributed by atoms with van der Waals surface area (Å²) in [5, 5.41) is 19.7. The fourth-order valence-electron chi connectivity index (χ4n) is 2.69. The van der Waals surface area contributed by atoms with E-state index in [0.717, 1.165) is 0 Å². The van der Waals surface area contributed by atoms with Gasteiger partial charge in [0.05, 0.1) is 29.4 Å². The summed E-state index contributed by atoms with van der Waals surface area (Å²) >= 11 is 12.3. The van der Waals surface area contributed by atoms with E-state index in [0.29, 0.717) is 38.1 Å². The quantitative estimate of drug-likeness (QED) is 0.647. The number of halogens is 2. The smallest absolute Gasteiger partial charge is 0.336 e. The third-order valence-corrected chi connectivity index (χ3v) is 4.41. The number of rotatable bonds is 4. The molecular formula is C20H12Cl2N2O2. The molecule has 3 rings (SSSR count). The lowest BCUT2D eigenvalue weighted by Crippen LogP contribution is -2.06. The van der Waals surface area contributed by atoms with Crippen molar-refractivity contribution in [3.63, 3.8) is 0 Å². The van der Waals surface area contributed by atoms with Crippen LogP contribution < -0.4 is 0 Å². The number of hydrogen-bond acceptors (Lipinski definition) is 3. The Bertz CT molecular complexity index is 1020. The molecule has 4 nitrogen and oxygen atoms in total. The van der Waals surface area contributed by atoms with Gasteiger partial charge in [0.2, 0.25) is 0 Å². The first-order valence-corrected chi connectivity index (χ1v) is 8.42. The number of nitrogens with zero attached hydrogens (tertiary/aromatic N) is 2. The maximum Gasteiger partial charge on any atom is 0.336 e. The summed E-state index contributed by atoms with van der Waals surface area (Å²) in [6, 6.07) is 17.3. The fourth-order valence-corrected chi connectivity index (χ4v) is 3.05. The van der Waals surface area contributed by atoms with Crippen molar-refractivity contribution in [3.8, 4) is 28.5 Å². The molecule has 26 heavy (non-hydrogen) atoms. The third kappa shape index (κ3) is 3.55. The van der Waals surface area contributed by atoms with Gasteiger partial charge >= 0.3 is 5.97 Å². The lowest BCUT2D eigenvalue weighted by Gasteiger charge is -2.15. The molecule has 6 heteroatoms. The largest absolute Gasteiger partial charge is 0.478 e. The van der Waals surface area contributed by atoms with Crippen molar-refractivity contribution in [1.29, 1.82) is 5.26 Å². The van der Waals surface area contributed by atoms with E-state index in [-0.39, 0.29) is 12.0 Å². The molecule has 0 saturated heterocycles. The number of carboxylic acids is 1. The van der Waals surface area contributed by atoms with Gasteiger partial charge in [-0.1, -0.05) is 53.5 Å². The number of benzene rings is 2. The van der Waals surface area contributed by atoms with Crippen LogP contribution >= 0.6 is 23.2 Å². The number of carbonyl (C=O) groups is 1. The van der Waals surface area contributed by atoms with Crippen LogP contribution in [0.3, 0.4) is 0 Å². The summed E-state index contributed by atoms with van der Waals surface area (Å²) in [5.74, 6) is -1.11. The minimum atomic E-state index is -1.11. The van der Waals surface area contributed by atoms with Crippen LogP contribution in [0.2, 0.25) is 10.0 Å². The number of hydrogen-bond donors (Lipinski definition) is 1. The Hall–Kier alpha value is -2.87. The molecule has 0 spiro atoms.